The third-order valence-corrected chi connectivity index (χ3v) is 4.60. The van der Waals surface area contributed by atoms with E-state index in [2.05, 4.69) is 4.72 Å². The Morgan fingerprint density at radius 2 is 1.95 bits per heavy atom. The Morgan fingerprint density at radius 1 is 1.23 bits per heavy atom. The van der Waals surface area contributed by atoms with Crippen molar-refractivity contribution >= 4 is 15.7 Å². The smallest absolute Gasteiger partial charge is 0.261 e. The average Bonchev–Trinajstić information content (AvgIpc) is 2.54. The number of rotatable bonds is 5. The molecule has 0 saturated heterocycles. The highest BCUT2D eigenvalue weighted by Gasteiger charge is 2.17. The fourth-order valence-electron chi connectivity index (χ4n) is 2.07. The Balaban J connectivity index is 2.41. The van der Waals surface area contributed by atoms with Gasteiger partial charge in [0.25, 0.3) is 10.0 Å². The van der Waals surface area contributed by atoms with Crippen molar-refractivity contribution in [3.8, 4) is 11.8 Å². The van der Waals surface area contributed by atoms with Crippen molar-refractivity contribution in [3.63, 3.8) is 0 Å². The Labute approximate surface area is 130 Å². The first-order valence-electron chi connectivity index (χ1n) is 6.70. The van der Waals surface area contributed by atoms with Crippen molar-refractivity contribution in [1.29, 1.82) is 5.26 Å². The number of ether oxygens (including phenoxy) is 1. The molecule has 0 bridgehead atoms. The molecule has 5 nitrogen and oxygen atoms in total. The lowest BCUT2D eigenvalue weighted by molar-refractivity contribution is 0.409. The van der Waals surface area contributed by atoms with E-state index in [4.69, 9.17) is 10.00 Å². The van der Waals surface area contributed by atoms with E-state index >= 15 is 0 Å². The first-order valence-corrected chi connectivity index (χ1v) is 8.19. The van der Waals surface area contributed by atoms with Crippen molar-refractivity contribution in [1.82, 2.24) is 0 Å². The number of aryl methyl sites for hydroxylation is 1. The van der Waals surface area contributed by atoms with E-state index in [1.54, 1.807) is 43.5 Å². The van der Waals surface area contributed by atoms with Crippen LogP contribution in [-0.2, 0) is 16.4 Å². The van der Waals surface area contributed by atoms with Crippen LogP contribution in [0.1, 0.15) is 18.1 Å². The fourth-order valence-corrected chi connectivity index (χ4v) is 3.20. The lowest BCUT2D eigenvalue weighted by Gasteiger charge is -2.12. The van der Waals surface area contributed by atoms with Crippen LogP contribution < -0.4 is 9.46 Å². The van der Waals surface area contributed by atoms with E-state index in [-0.39, 0.29) is 16.1 Å². The van der Waals surface area contributed by atoms with Crippen molar-refractivity contribution in [2.75, 3.05) is 11.8 Å². The number of hydrogen-bond acceptors (Lipinski definition) is 4. The molecular formula is C16H16N2O3S. The van der Waals surface area contributed by atoms with E-state index in [0.29, 0.717) is 12.2 Å². The zero-order valence-electron chi connectivity index (χ0n) is 12.3. The molecule has 114 valence electrons. The van der Waals surface area contributed by atoms with E-state index in [1.165, 1.54) is 6.07 Å². The van der Waals surface area contributed by atoms with E-state index < -0.39 is 10.0 Å². The summed E-state index contributed by atoms with van der Waals surface area (Å²) in [5, 5.41) is 9.03. The molecule has 0 spiro atoms. The van der Waals surface area contributed by atoms with E-state index in [0.717, 1.165) is 5.56 Å². The number of sulfonamides is 1. The number of hydrogen-bond donors (Lipinski definition) is 1. The highest BCUT2D eigenvalue weighted by molar-refractivity contribution is 7.92. The lowest BCUT2D eigenvalue weighted by atomic mass is 10.1. The third kappa shape index (κ3) is 3.21. The maximum Gasteiger partial charge on any atom is 0.261 e. The molecule has 0 amide bonds. The normalized spacial score (nSPS) is 10.8. The van der Waals surface area contributed by atoms with Gasteiger partial charge in [0, 0.05) is 0 Å². The van der Waals surface area contributed by atoms with Crippen LogP contribution in [0.3, 0.4) is 0 Å². The molecular weight excluding hydrogens is 300 g/mol. The monoisotopic (exact) mass is 316 g/mol. The molecule has 0 aromatic heterocycles. The van der Waals surface area contributed by atoms with Gasteiger partial charge in [-0.1, -0.05) is 19.1 Å². The largest absolute Gasteiger partial charge is 0.496 e. The molecule has 2 aromatic carbocycles. The fraction of sp³-hybridized carbons (Fsp3) is 0.188. The van der Waals surface area contributed by atoms with Crippen molar-refractivity contribution in [2.45, 2.75) is 18.2 Å². The van der Waals surface area contributed by atoms with Gasteiger partial charge in [0.15, 0.2) is 0 Å². The molecule has 0 unspecified atom stereocenters. The summed E-state index contributed by atoms with van der Waals surface area (Å²) in [7, 11) is -2.21. The number of para-hydroxylation sites is 1. The van der Waals surface area contributed by atoms with Crippen molar-refractivity contribution < 1.29 is 13.2 Å². The number of anilines is 1. The molecule has 0 aliphatic heterocycles. The number of nitrogens with one attached hydrogen (secondary N) is 1. The van der Waals surface area contributed by atoms with Crippen molar-refractivity contribution in [3.05, 3.63) is 53.6 Å². The molecule has 0 heterocycles. The van der Waals surface area contributed by atoms with E-state index in [1.807, 2.05) is 13.0 Å². The summed E-state index contributed by atoms with van der Waals surface area (Å²) in [6.45, 7) is 1.92. The topological polar surface area (TPSA) is 79.2 Å². The zero-order chi connectivity index (χ0) is 16.2. The van der Waals surface area contributed by atoms with Crippen LogP contribution in [0.5, 0.6) is 5.75 Å². The van der Waals surface area contributed by atoms with Crippen LogP contribution >= 0.6 is 0 Å². The molecule has 22 heavy (non-hydrogen) atoms. The van der Waals surface area contributed by atoms with Gasteiger partial charge in [-0.25, -0.2) is 8.42 Å². The van der Waals surface area contributed by atoms with Crippen LogP contribution in [0.4, 0.5) is 5.69 Å². The van der Waals surface area contributed by atoms with Crippen LogP contribution in [-0.4, -0.2) is 15.5 Å². The lowest BCUT2D eigenvalue weighted by Crippen LogP contribution is -2.14. The summed E-state index contributed by atoms with van der Waals surface area (Å²) in [5.74, 6) is 0.652. The number of methoxy groups -OCH3 is 1. The minimum Gasteiger partial charge on any atom is -0.496 e. The molecule has 6 heteroatoms. The Bertz CT molecular complexity index is 824. The summed E-state index contributed by atoms with van der Waals surface area (Å²) < 4.78 is 32.6. The van der Waals surface area contributed by atoms with Crippen molar-refractivity contribution in [2.24, 2.45) is 0 Å². The van der Waals surface area contributed by atoms with Gasteiger partial charge in [-0.15, -0.1) is 0 Å². The van der Waals surface area contributed by atoms with Crippen LogP contribution in [0, 0.1) is 11.3 Å². The third-order valence-electron chi connectivity index (χ3n) is 3.23. The summed E-state index contributed by atoms with van der Waals surface area (Å²) in [5.41, 5.74) is 1.34. The SMILES string of the molecule is CCc1cc(S(=O)(=O)Nc2ccccc2C#N)ccc1OC. The minimum absolute atomic E-state index is 0.137. The maximum atomic E-state index is 12.5. The average molecular weight is 316 g/mol. The van der Waals surface area contributed by atoms with Gasteiger partial charge in [-0.3, -0.25) is 4.72 Å². The van der Waals surface area contributed by atoms with Gasteiger partial charge in [-0.05, 0) is 42.3 Å². The molecule has 0 fully saturated rings. The highest BCUT2D eigenvalue weighted by atomic mass is 32.2. The van der Waals surface area contributed by atoms with Crippen LogP contribution in [0.25, 0.3) is 0 Å². The van der Waals surface area contributed by atoms with Gasteiger partial charge < -0.3 is 4.74 Å². The molecule has 2 rings (SSSR count). The van der Waals surface area contributed by atoms with E-state index in [9.17, 15) is 8.42 Å². The Kier molecular flexibility index (Phi) is 4.68. The molecule has 0 saturated carbocycles. The quantitative estimate of drug-likeness (QED) is 0.920. The molecule has 0 aliphatic carbocycles. The predicted molar refractivity (Wildman–Crippen MR) is 84.3 cm³/mol. The summed E-state index contributed by atoms with van der Waals surface area (Å²) in [4.78, 5) is 0.137. The number of benzene rings is 2. The van der Waals surface area contributed by atoms with Gasteiger partial charge in [-0.2, -0.15) is 5.26 Å². The van der Waals surface area contributed by atoms with Crippen LogP contribution in [0.15, 0.2) is 47.4 Å². The van der Waals surface area contributed by atoms with Gasteiger partial charge in [0.2, 0.25) is 0 Å². The zero-order valence-corrected chi connectivity index (χ0v) is 13.1. The first kappa shape index (κ1) is 15.9. The Morgan fingerprint density at radius 3 is 2.59 bits per heavy atom. The molecule has 0 radical (unpaired) electrons. The Hall–Kier alpha value is -2.52. The second-order valence-electron chi connectivity index (χ2n) is 4.59. The summed E-state index contributed by atoms with van der Waals surface area (Å²) in [6, 6.07) is 13.1. The summed E-state index contributed by atoms with van der Waals surface area (Å²) in [6.07, 6.45) is 0.654. The summed E-state index contributed by atoms with van der Waals surface area (Å²) >= 11 is 0. The molecule has 0 atom stereocenters. The molecule has 0 aliphatic rings. The minimum atomic E-state index is -3.76. The first-order chi connectivity index (χ1) is 10.5. The van der Waals surface area contributed by atoms with Gasteiger partial charge in [0.05, 0.1) is 23.3 Å². The number of nitrogens with zero attached hydrogens (tertiary/aromatic N) is 1. The highest BCUT2D eigenvalue weighted by Crippen LogP contribution is 2.25. The molecule has 1 N–H and O–H groups in total. The van der Waals surface area contributed by atoms with Gasteiger partial charge in [0.1, 0.15) is 11.8 Å². The van der Waals surface area contributed by atoms with Crippen LogP contribution in [0.2, 0.25) is 0 Å². The number of nitriles is 1. The standard InChI is InChI=1S/C16H16N2O3S/c1-3-12-10-14(8-9-16(12)21-2)22(19,20)18-15-7-5-4-6-13(15)11-17/h4-10,18H,3H2,1-2H3. The second kappa shape index (κ2) is 6.50. The maximum absolute atomic E-state index is 12.5. The second-order valence-corrected chi connectivity index (χ2v) is 6.27. The van der Waals surface area contributed by atoms with Gasteiger partial charge >= 0.3 is 0 Å². The predicted octanol–water partition coefficient (Wildman–Crippen LogP) is 2.93. The molecule has 2 aromatic rings.